The summed E-state index contributed by atoms with van der Waals surface area (Å²) in [4.78, 5) is 17.8. The summed E-state index contributed by atoms with van der Waals surface area (Å²) >= 11 is 0. The van der Waals surface area contributed by atoms with E-state index in [-0.39, 0.29) is 5.78 Å². The molecule has 0 unspecified atom stereocenters. The highest BCUT2D eigenvalue weighted by atomic mass is 19.4. The molecule has 6 heteroatoms. The quantitative estimate of drug-likeness (QED) is 0.248. The van der Waals surface area contributed by atoms with Crippen LogP contribution in [-0.2, 0) is 32.1 Å². The molecule has 3 nitrogen and oxygen atoms in total. The van der Waals surface area contributed by atoms with Gasteiger partial charge in [0.05, 0.1) is 5.56 Å². The second-order valence-electron chi connectivity index (χ2n) is 11.9. The van der Waals surface area contributed by atoms with Crippen molar-refractivity contribution < 1.29 is 18.0 Å². The van der Waals surface area contributed by atoms with Crippen molar-refractivity contribution in [3.8, 4) is 0 Å². The van der Waals surface area contributed by atoms with E-state index < -0.39 is 11.7 Å². The molecule has 0 bridgehead atoms. The van der Waals surface area contributed by atoms with Gasteiger partial charge in [0, 0.05) is 38.2 Å². The lowest BCUT2D eigenvalue weighted by Crippen LogP contribution is -2.33. The zero-order chi connectivity index (χ0) is 28.8. The van der Waals surface area contributed by atoms with E-state index in [9.17, 15) is 18.0 Å². The fraction of sp³-hybridized carbons (Fsp3) is 0.457. The monoisotopic (exact) mass is 562 g/mol. The maximum atomic E-state index is 13.1. The number of fused-ring (bicyclic) bond motifs is 1. The third kappa shape index (κ3) is 8.08. The molecule has 0 aliphatic carbocycles. The number of carbonyl (C=O) groups is 1. The van der Waals surface area contributed by atoms with Crippen LogP contribution >= 0.6 is 0 Å². The number of carbonyl (C=O) groups excluding carboxylic acids is 1. The molecule has 0 N–H and O–H groups in total. The van der Waals surface area contributed by atoms with Gasteiger partial charge < -0.3 is 0 Å². The Bertz CT molecular complexity index is 1330. The number of ketones is 1. The van der Waals surface area contributed by atoms with Crippen LogP contribution in [-0.4, -0.2) is 41.8 Å². The Morgan fingerprint density at radius 2 is 1.56 bits per heavy atom. The summed E-state index contributed by atoms with van der Waals surface area (Å²) in [5.74, 6) is 0.808. The van der Waals surface area contributed by atoms with Crippen molar-refractivity contribution in [2.75, 3.05) is 26.2 Å². The zero-order valence-corrected chi connectivity index (χ0v) is 24.1. The minimum atomic E-state index is -4.30. The normalized spacial score (nSPS) is 17.3. The number of likely N-dealkylation sites (tertiary alicyclic amines) is 1. The number of alkyl halides is 3. The number of piperidine rings is 1. The van der Waals surface area contributed by atoms with Crippen molar-refractivity contribution in [2.45, 2.75) is 71.1 Å². The molecule has 2 aliphatic rings. The maximum Gasteiger partial charge on any atom is 0.416 e. The highest BCUT2D eigenvalue weighted by Gasteiger charge is 2.30. The van der Waals surface area contributed by atoms with Gasteiger partial charge in [-0.15, -0.1) is 0 Å². The molecule has 0 atom stereocenters. The van der Waals surface area contributed by atoms with E-state index >= 15 is 0 Å². The predicted octanol–water partition coefficient (Wildman–Crippen LogP) is 7.88. The first kappa shape index (κ1) is 29.5. The van der Waals surface area contributed by atoms with E-state index in [4.69, 9.17) is 0 Å². The minimum Gasteiger partial charge on any atom is -0.299 e. The summed E-state index contributed by atoms with van der Waals surface area (Å²) in [6.45, 7) is 7.51. The van der Waals surface area contributed by atoms with Crippen LogP contribution in [0.1, 0.15) is 75.8 Å². The summed E-state index contributed by atoms with van der Waals surface area (Å²) in [6, 6.07) is 20.6. The second-order valence-corrected chi connectivity index (χ2v) is 11.9. The van der Waals surface area contributed by atoms with E-state index in [1.165, 1.54) is 34.4 Å². The van der Waals surface area contributed by atoms with Crippen LogP contribution in [0, 0.1) is 12.8 Å². The van der Waals surface area contributed by atoms with Crippen LogP contribution in [0.3, 0.4) is 0 Å². The first-order valence-corrected chi connectivity index (χ1v) is 15.0. The summed E-state index contributed by atoms with van der Waals surface area (Å²) in [7, 11) is 0. The lowest BCUT2D eigenvalue weighted by Gasteiger charge is -2.32. The van der Waals surface area contributed by atoms with E-state index in [1.54, 1.807) is 6.07 Å². The molecule has 2 heterocycles. The van der Waals surface area contributed by atoms with Gasteiger partial charge in [0.25, 0.3) is 0 Å². The minimum absolute atomic E-state index is 0.232. The molecule has 5 rings (SSSR count). The topological polar surface area (TPSA) is 23.6 Å². The van der Waals surface area contributed by atoms with Crippen LogP contribution in [0.2, 0.25) is 0 Å². The van der Waals surface area contributed by atoms with Crippen molar-refractivity contribution in [2.24, 2.45) is 5.92 Å². The third-order valence-corrected chi connectivity index (χ3v) is 8.96. The molecule has 0 saturated carbocycles. The molecule has 218 valence electrons. The highest BCUT2D eigenvalue weighted by Crippen LogP contribution is 2.30. The molecular formula is C35H41F3N2O. The van der Waals surface area contributed by atoms with Crippen LogP contribution in [0.5, 0.6) is 0 Å². The SMILES string of the molecule is Cc1ccccc1CN1CCc2ccc(C(=O)CCCC3CCN(Cc4cccc(C(F)(F)F)c4)CC3)cc2CC1. The number of aryl methyl sites for hydroxylation is 1. The fourth-order valence-electron chi connectivity index (χ4n) is 6.36. The molecule has 2 aliphatic heterocycles. The number of nitrogens with zero attached hydrogens (tertiary/aromatic N) is 2. The van der Waals surface area contributed by atoms with Gasteiger partial charge in [-0.3, -0.25) is 14.6 Å². The molecule has 3 aromatic carbocycles. The summed E-state index contributed by atoms with van der Waals surface area (Å²) in [5, 5.41) is 0. The Morgan fingerprint density at radius 1 is 0.829 bits per heavy atom. The third-order valence-electron chi connectivity index (χ3n) is 8.96. The van der Waals surface area contributed by atoms with Crippen molar-refractivity contribution in [3.63, 3.8) is 0 Å². The lowest BCUT2D eigenvalue weighted by molar-refractivity contribution is -0.137. The molecule has 0 amide bonds. The number of hydrogen-bond acceptors (Lipinski definition) is 3. The average Bonchev–Trinajstić information content (AvgIpc) is 3.16. The lowest BCUT2D eigenvalue weighted by atomic mass is 9.90. The molecule has 0 spiro atoms. The molecule has 0 aromatic heterocycles. The van der Waals surface area contributed by atoms with Gasteiger partial charge >= 0.3 is 6.18 Å². The summed E-state index contributed by atoms with van der Waals surface area (Å²) in [6.07, 6.45) is 2.24. The summed E-state index contributed by atoms with van der Waals surface area (Å²) in [5.41, 5.74) is 6.38. The molecule has 0 radical (unpaired) electrons. The summed E-state index contributed by atoms with van der Waals surface area (Å²) < 4.78 is 39.1. The van der Waals surface area contributed by atoms with Crippen molar-refractivity contribution in [3.05, 3.63) is 106 Å². The number of halogens is 3. The molecule has 3 aromatic rings. The van der Waals surface area contributed by atoms with Gasteiger partial charge in [0.1, 0.15) is 0 Å². The Kier molecular flexibility index (Phi) is 9.61. The van der Waals surface area contributed by atoms with Gasteiger partial charge in [-0.05, 0) is 104 Å². The number of rotatable bonds is 9. The van der Waals surface area contributed by atoms with E-state index in [0.29, 0.717) is 24.4 Å². The molecule has 41 heavy (non-hydrogen) atoms. The fourth-order valence-corrected chi connectivity index (χ4v) is 6.36. The largest absolute Gasteiger partial charge is 0.416 e. The number of hydrogen-bond donors (Lipinski definition) is 0. The second kappa shape index (κ2) is 13.3. The van der Waals surface area contributed by atoms with Crippen molar-refractivity contribution in [1.29, 1.82) is 0 Å². The first-order chi connectivity index (χ1) is 19.7. The molecular weight excluding hydrogens is 521 g/mol. The van der Waals surface area contributed by atoms with Crippen LogP contribution in [0.4, 0.5) is 13.2 Å². The smallest absolute Gasteiger partial charge is 0.299 e. The zero-order valence-electron chi connectivity index (χ0n) is 24.1. The van der Waals surface area contributed by atoms with Gasteiger partial charge in [-0.25, -0.2) is 0 Å². The molecule has 1 fully saturated rings. The van der Waals surface area contributed by atoms with Gasteiger partial charge in [-0.2, -0.15) is 13.2 Å². The Balaban J connectivity index is 1.05. The van der Waals surface area contributed by atoms with E-state index in [2.05, 4.69) is 53.1 Å². The maximum absolute atomic E-state index is 13.1. The predicted molar refractivity (Wildman–Crippen MR) is 158 cm³/mol. The van der Waals surface area contributed by atoms with Crippen LogP contribution in [0.15, 0.2) is 66.7 Å². The van der Waals surface area contributed by atoms with E-state index in [0.717, 1.165) is 82.9 Å². The van der Waals surface area contributed by atoms with Gasteiger partial charge in [0.15, 0.2) is 5.78 Å². The van der Waals surface area contributed by atoms with Crippen molar-refractivity contribution in [1.82, 2.24) is 9.80 Å². The van der Waals surface area contributed by atoms with E-state index in [1.807, 2.05) is 6.07 Å². The van der Waals surface area contributed by atoms with Crippen molar-refractivity contribution >= 4 is 5.78 Å². The Labute approximate surface area is 242 Å². The number of Topliss-reactive ketones (excluding diaryl/α,β-unsaturated/α-hetero) is 1. The first-order valence-electron chi connectivity index (χ1n) is 15.0. The number of benzene rings is 3. The Morgan fingerprint density at radius 3 is 2.32 bits per heavy atom. The standard InChI is InChI=1S/C35H41F3N2O/c1-26-6-2-3-9-32(26)25-40-20-16-29-12-13-31(23-30(29)17-21-40)34(41)11-5-7-27-14-18-39(19-15-27)24-28-8-4-10-33(22-28)35(36,37)38/h2-4,6,8-10,12-13,22-23,27H,5,7,11,14-21,24-25H2,1H3. The Hall–Kier alpha value is -2.96. The highest BCUT2D eigenvalue weighted by molar-refractivity contribution is 5.96. The average molecular weight is 563 g/mol. The van der Waals surface area contributed by atoms with Crippen LogP contribution < -0.4 is 0 Å². The van der Waals surface area contributed by atoms with Gasteiger partial charge in [0.2, 0.25) is 0 Å². The van der Waals surface area contributed by atoms with Crippen LogP contribution in [0.25, 0.3) is 0 Å². The van der Waals surface area contributed by atoms with Gasteiger partial charge in [-0.1, -0.05) is 54.6 Å². The molecule has 1 saturated heterocycles.